The molecule has 0 aromatic heterocycles. The van der Waals surface area contributed by atoms with Crippen molar-refractivity contribution in [1.82, 2.24) is 0 Å². The summed E-state index contributed by atoms with van der Waals surface area (Å²) in [7, 11) is 4.54. The third kappa shape index (κ3) is 3.88. The molecule has 1 heterocycles. The monoisotopic (exact) mass is 384 g/mol. The molecule has 1 aliphatic heterocycles. The Hall–Kier alpha value is -3.22. The molecular weight excluding hydrogens is 360 g/mol. The summed E-state index contributed by atoms with van der Waals surface area (Å²) in [6.45, 7) is 2.33. The highest BCUT2D eigenvalue weighted by Gasteiger charge is 2.35. The molecule has 0 bridgehead atoms. The Morgan fingerprint density at radius 1 is 1.04 bits per heavy atom. The lowest BCUT2D eigenvalue weighted by molar-refractivity contribution is -0.122. The van der Waals surface area contributed by atoms with E-state index in [2.05, 4.69) is 5.32 Å². The van der Waals surface area contributed by atoms with Crippen LogP contribution in [0.25, 0.3) is 0 Å². The molecule has 7 heteroatoms. The normalized spacial score (nSPS) is 16.1. The Balaban J connectivity index is 1.75. The molecule has 2 aromatic carbocycles. The van der Waals surface area contributed by atoms with E-state index in [1.807, 2.05) is 31.2 Å². The average molecular weight is 384 g/mol. The van der Waals surface area contributed by atoms with Gasteiger partial charge in [-0.15, -0.1) is 0 Å². The molecule has 148 valence electrons. The maximum Gasteiger partial charge on any atom is 0.229 e. The van der Waals surface area contributed by atoms with Gasteiger partial charge in [0.1, 0.15) is 0 Å². The maximum atomic E-state index is 12.7. The minimum absolute atomic E-state index is 0.0612. The summed E-state index contributed by atoms with van der Waals surface area (Å²) in [6, 6.07) is 11.0. The molecular formula is C21H24N2O5. The summed E-state index contributed by atoms with van der Waals surface area (Å²) < 4.78 is 15.9. The number of anilines is 2. The Kier molecular flexibility index (Phi) is 5.73. The molecule has 1 N–H and O–H groups in total. The number of benzene rings is 2. The van der Waals surface area contributed by atoms with Crippen LogP contribution in [-0.4, -0.2) is 39.7 Å². The van der Waals surface area contributed by atoms with Crippen molar-refractivity contribution in [3.05, 3.63) is 42.0 Å². The first kappa shape index (κ1) is 19.5. The van der Waals surface area contributed by atoms with Crippen molar-refractivity contribution in [1.29, 1.82) is 0 Å². The van der Waals surface area contributed by atoms with Gasteiger partial charge in [0.2, 0.25) is 17.6 Å². The first-order valence-electron chi connectivity index (χ1n) is 8.94. The van der Waals surface area contributed by atoms with Crippen LogP contribution in [0.5, 0.6) is 17.2 Å². The van der Waals surface area contributed by atoms with Gasteiger partial charge in [-0.3, -0.25) is 9.59 Å². The van der Waals surface area contributed by atoms with E-state index in [1.165, 1.54) is 21.3 Å². The fourth-order valence-corrected chi connectivity index (χ4v) is 3.26. The molecule has 2 amide bonds. The van der Waals surface area contributed by atoms with Gasteiger partial charge in [-0.05, 0) is 19.1 Å². The van der Waals surface area contributed by atoms with Gasteiger partial charge in [0.25, 0.3) is 0 Å². The number of hydrogen-bond donors (Lipinski definition) is 1. The van der Waals surface area contributed by atoms with Crippen molar-refractivity contribution >= 4 is 23.2 Å². The minimum Gasteiger partial charge on any atom is -0.493 e. The highest BCUT2D eigenvalue weighted by molar-refractivity contribution is 6.03. The van der Waals surface area contributed by atoms with Crippen molar-refractivity contribution in [3.63, 3.8) is 0 Å². The second-order valence-corrected chi connectivity index (χ2v) is 6.64. The quantitative estimate of drug-likeness (QED) is 0.828. The SMILES string of the molecule is COc1cc(NC(=O)C2CC(=O)N(c3ccc(C)cc3)C2)cc(OC)c1OC. The molecule has 1 unspecified atom stereocenters. The van der Waals surface area contributed by atoms with Crippen LogP contribution in [-0.2, 0) is 9.59 Å². The molecule has 0 spiro atoms. The molecule has 7 nitrogen and oxygen atoms in total. The molecule has 3 rings (SSSR count). The predicted molar refractivity (Wildman–Crippen MR) is 106 cm³/mol. The van der Waals surface area contributed by atoms with E-state index in [-0.39, 0.29) is 18.2 Å². The topological polar surface area (TPSA) is 77.1 Å². The van der Waals surface area contributed by atoms with Gasteiger partial charge in [-0.1, -0.05) is 17.7 Å². The van der Waals surface area contributed by atoms with Crippen LogP contribution in [0.4, 0.5) is 11.4 Å². The van der Waals surface area contributed by atoms with Gasteiger partial charge in [0, 0.05) is 36.5 Å². The smallest absolute Gasteiger partial charge is 0.229 e. The zero-order valence-corrected chi connectivity index (χ0v) is 16.4. The summed E-state index contributed by atoms with van der Waals surface area (Å²) in [5.41, 5.74) is 2.44. The van der Waals surface area contributed by atoms with E-state index < -0.39 is 5.92 Å². The Labute approximate surface area is 164 Å². The zero-order valence-electron chi connectivity index (χ0n) is 16.4. The van der Waals surface area contributed by atoms with Crippen molar-refractivity contribution in [3.8, 4) is 17.2 Å². The van der Waals surface area contributed by atoms with E-state index in [0.717, 1.165) is 11.3 Å². The summed E-state index contributed by atoms with van der Waals surface area (Å²) >= 11 is 0. The van der Waals surface area contributed by atoms with Gasteiger partial charge < -0.3 is 24.4 Å². The van der Waals surface area contributed by atoms with Crippen molar-refractivity contribution in [2.24, 2.45) is 5.92 Å². The number of carbonyl (C=O) groups excluding carboxylic acids is 2. The molecule has 1 saturated heterocycles. The number of hydrogen-bond acceptors (Lipinski definition) is 5. The number of aryl methyl sites for hydroxylation is 1. The predicted octanol–water partition coefficient (Wildman–Crippen LogP) is 3.01. The number of carbonyl (C=O) groups is 2. The standard InChI is InChI=1S/C21H24N2O5/c1-13-5-7-16(8-6-13)23-12-14(9-19(23)24)21(25)22-15-10-17(26-2)20(28-4)18(11-15)27-3/h5-8,10-11,14H,9,12H2,1-4H3,(H,22,25). The van der Waals surface area contributed by atoms with Crippen LogP contribution in [0.3, 0.4) is 0 Å². The van der Waals surface area contributed by atoms with Crippen LogP contribution in [0.1, 0.15) is 12.0 Å². The fourth-order valence-electron chi connectivity index (χ4n) is 3.26. The van der Waals surface area contributed by atoms with E-state index >= 15 is 0 Å². The van der Waals surface area contributed by atoms with Gasteiger partial charge in [0.15, 0.2) is 11.5 Å². The van der Waals surface area contributed by atoms with Crippen LogP contribution in [0.2, 0.25) is 0 Å². The molecule has 0 aliphatic carbocycles. The summed E-state index contributed by atoms with van der Waals surface area (Å²) in [5.74, 6) is 0.616. The Bertz CT molecular complexity index is 854. The van der Waals surface area contributed by atoms with Crippen LogP contribution in [0, 0.1) is 12.8 Å². The molecule has 28 heavy (non-hydrogen) atoms. The van der Waals surface area contributed by atoms with E-state index in [4.69, 9.17) is 14.2 Å². The number of ether oxygens (including phenoxy) is 3. The van der Waals surface area contributed by atoms with E-state index in [0.29, 0.717) is 29.5 Å². The highest BCUT2D eigenvalue weighted by atomic mass is 16.5. The third-order valence-electron chi connectivity index (χ3n) is 4.77. The lowest BCUT2D eigenvalue weighted by Gasteiger charge is -2.18. The largest absolute Gasteiger partial charge is 0.493 e. The fraction of sp³-hybridized carbons (Fsp3) is 0.333. The third-order valence-corrected chi connectivity index (χ3v) is 4.77. The molecule has 0 saturated carbocycles. The summed E-state index contributed by atoms with van der Waals surface area (Å²) in [5, 5.41) is 2.85. The molecule has 1 atom stereocenters. The van der Waals surface area contributed by atoms with Crippen LogP contribution < -0.4 is 24.4 Å². The van der Waals surface area contributed by atoms with Crippen molar-refractivity contribution < 1.29 is 23.8 Å². The van der Waals surface area contributed by atoms with Crippen LogP contribution in [0.15, 0.2) is 36.4 Å². The summed E-state index contributed by atoms with van der Waals surface area (Å²) in [6.07, 6.45) is 0.171. The Morgan fingerprint density at radius 2 is 1.64 bits per heavy atom. The number of rotatable bonds is 6. The van der Waals surface area contributed by atoms with Crippen molar-refractivity contribution in [2.75, 3.05) is 38.1 Å². The molecule has 1 aliphatic rings. The molecule has 0 radical (unpaired) electrons. The number of nitrogens with zero attached hydrogens (tertiary/aromatic N) is 1. The molecule has 1 fully saturated rings. The van der Waals surface area contributed by atoms with Gasteiger partial charge >= 0.3 is 0 Å². The van der Waals surface area contributed by atoms with Crippen molar-refractivity contribution in [2.45, 2.75) is 13.3 Å². The van der Waals surface area contributed by atoms with Gasteiger partial charge in [0.05, 0.1) is 27.2 Å². The van der Waals surface area contributed by atoms with Gasteiger partial charge in [-0.25, -0.2) is 0 Å². The zero-order chi connectivity index (χ0) is 20.3. The first-order valence-corrected chi connectivity index (χ1v) is 8.94. The van der Waals surface area contributed by atoms with E-state index in [1.54, 1.807) is 17.0 Å². The van der Waals surface area contributed by atoms with Gasteiger partial charge in [-0.2, -0.15) is 0 Å². The Morgan fingerprint density at radius 3 is 2.18 bits per heavy atom. The first-order chi connectivity index (χ1) is 13.5. The minimum atomic E-state index is -0.437. The maximum absolute atomic E-state index is 12.7. The summed E-state index contributed by atoms with van der Waals surface area (Å²) in [4.78, 5) is 26.8. The number of amides is 2. The van der Waals surface area contributed by atoms with E-state index in [9.17, 15) is 9.59 Å². The molecule has 2 aromatic rings. The second kappa shape index (κ2) is 8.21. The highest BCUT2D eigenvalue weighted by Crippen LogP contribution is 2.40. The second-order valence-electron chi connectivity index (χ2n) is 6.64. The van der Waals surface area contributed by atoms with Crippen LogP contribution >= 0.6 is 0 Å². The number of methoxy groups -OCH3 is 3. The average Bonchev–Trinajstić information content (AvgIpc) is 3.09. The lowest BCUT2D eigenvalue weighted by atomic mass is 10.1. The lowest BCUT2D eigenvalue weighted by Crippen LogP contribution is -2.28. The number of nitrogens with one attached hydrogen (secondary N) is 1.